The molecule has 0 spiro atoms. The lowest BCUT2D eigenvalue weighted by Gasteiger charge is -2.26. The summed E-state index contributed by atoms with van der Waals surface area (Å²) in [6.45, 7) is -3.04. The van der Waals surface area contributed by atoms with Gasteiger partial charge in [-0.2, -0.15) is 0 Å². The lowest BCUT2D eigenvalue weighted by atomic mass is 10.1. The van der Waals surface area contributed by atoms with Gasteiger partial charge in [0, 0.05) is 18.4 Å². The smallest absolute Gasteiger partial charge is 0.325 e. The zero-order chi connectivity index (χ0) is 27.4. The number of amides is 1. The number of esters is 1. The first kappa shape index (κ1) is 27.9. The number of benzene rings is 1. The number of fused-ring (bicyclic) bond motifs is 1. The zero-order valence-electron chi connectivity index (χ0n) is 19.9. The van der Waals surface area contributed by atoms with E-state index in [4.69, 9.17) is 14.0 Å². The number of rotatable bonds is 10. The number of aliphatic hydroxyl groups is 1. The van der Waals surface area contributed by atoms with Gasteiger partial charge < -0.3 is 34.5 Å². The number of Topliss-reactive ketones (excluding diaryl/α,β-unsaturated/α-hetero) is 1. The Morgan fingerprint density at radius 1 is 1.21 bits per heavy atom. The van der Waals surface area contributed by atoms with Crippen molar-refractivity contribution < 1.29 is 43.3 Å². The SMILES string of the molecule is CC(=O)CCC(=O)OC(OP(O)(O)=S)[C@H]1O[C@@H](n2cnc3c(NC(=O)c4ccccc4)ncnc32)C[C@@H]1O. The van der Waals surface area contributed by atoms with Gasteiger partial charge >= 0.3 is 12.7 Å². The molecule has 14 nitrogen and oxygen atoms in total. The average molecular weight is 566 g/mol. The number of imidazole rings is 1. The van der Waals surface area contributed by atoms with E-state index in [1.165, 1.54) is 24.1 Å². The van der Waals surface area contributed by atoms with Crippen LogP contribution in [0.15, 0.2) is 43.0 Å². The number of anilines is 1. The van der Waals surface area contributed by atoms with Gasteiger partial charge in [0.2, 0.25) is 6.29 Å². The standard InChI is InChI=1S/C22H24N5O9PS/c1-12(28)7-8-16(30)35-22(36-37(32,33)38)18-14(29)9-15(34-18)27-11-25-17-19(23-10-24-20(17)27)26-21(31)13-5-3-2-4-6-13/h2-6,10-11,14-15,18,22,29H,7-9H2,1H3,(H2,32,33,38)(H,23,24,26,31)/t14-,15+,18-,22?/m0/s1. The Labute approximate surface area is 220 Å². The Balaban J connectivity index is 1.54. The quantitative estimate of drug-likeness (QED) is 0.156. The summed E-state index contributed by atoms with van der Waals surface area (Å²) < 4.78 is 17.4. The molecular formula is C22H24N5O9PS. The van der Waals surface area contributed by atoms with Crippen LogP contribution in [-0.4, -0.2) is 70.6 Å². The van der Waals surface area contributed by atoms with E-state index in [2.05, 4.69) is 32.1 Å². The van der Waals surface area contributed by atoms with Gasteiger partial charge in [-0.3, -0.25) is 18.7 Å². The molecule has 4 rings (SSSR count). The Hall–Kier alpha value is -3.17. The molecule has 1 aliphatic rings. The predicted molar refractivity (Wildman–Crippen MR) is 134 cm³/mol. The number of nitrogens with zero attached hydrogens (tertiary/aromatic N) is 4. The molecule has 38 heavy (non-hydrogen) atoms. The van der Waals surface area contributed by atoms with E-state index < -0.39 is 43.3 Å². The summed E-state index contributed by atoms with van der Waals surface area (Å²) in [5.41, 5.74) is 0.940. The number of ketones is 1. The molecule has 1 amide bonds. The van der Waals surface area contributed by atoms with Crippen LogP contribution in [0.1, 0.15) is 42.8 Å². The van der Waals surface area contributed by atoms with Crippen LogP contribution in [-0.2, 0) is 35.4 Å². The summed E-state index contributed by atoms with van der Waals surface area (Å²) in [5, 5.41) is 13.4. The monoisotopic (exact) mass is 565 g/mol. The fourth-order valence-corrected chi connectivity index (χ4v) is 4.46. The van der Waals surface area contributed by atoms with Crippen molar-refractivity contribution in [2.75, 3.05) is 5.32 Å². The predicted octanol–water partition coefficient (Wildman–Crippen LogP) is 1.19. The number of aromatic nitrogens is 4. The molecule has 16 heteroatoms. The van der Waals surface area contributed by atoms with E-state index >= 15 is 0 Å². The molecule has 3 heterocycles. The van der Waals surface area contributed by atoms with Crippen molar-refractivity contribution in [3.8, 4) is 0 Å². The molecular weight excluding hydrogens is 541 g/mol. The van der Waals surface area contributed by atoms with Gasteiger partial charge in [-0.25, -0.2) is 15.0 Å². The second-order valence-corrected chi connectivity index (χ2v) is 11.0. The van der Waals surface area contributed by atoms with Crippen LogP contribution in [0.3, 0.4) is 0 Å². The van der Waals surface area contributed by atoms with Crippen molar-refractivity contribution in [1.29, 1.82) is 0 Å². The number of carbonyl (C=O) groups excluding carboxylic acids is 3. The summed E-state index contributed by atoms with van der Waals surface area (Å²) >= 11 is 4.50. The molecule has 0 saturated carbocycles. The Morgan fingerprint density at radius 3 is 2.63 bits per heavy atom. The lowest BCUT2D eigenvalue weighted by molar-refractivity contribution is -0.197. The van der Waals surface area contributed by atoms with Crippen LogP contribution in [0, 0.1) is 0 Å². The van der Waals surface area contributed by atoms with Gasteiger partial charge in [0.25, 0.3) is 5.91 Å². The highest BCUT2D eigenvalue weighted by atomic mass is 32.5. The summed E-state index contributed by atoms with van der Waals surface area (Å²) in [4.78, 5) is 67.8. The first-order valence-electron chi connectivity index (χ1n) is 11.3. The van der Waals surface area contributed by atoms with Gasteiger partial charge in [-0.1, -0.05) is 18.2 Å². The number of nitrogens with one attached hydrogen (secondary N) is 1. The van der Waals surface area contributed by atoms with Gasteiger partial charge in [0.1, 0.15) is 24.4 Å². The van der Waals surface area contributed by atoms with E-state index in [0.29, 0.717) is 5.56 Å². The third-order valence-corrected chi connectivity index (χ3v) is 6.25. The lowest BCUT2D eigenvalue weighted by Crippen LogP contribution is -2.39. The van der Waals surface area contributed by atoms with Crippen molar-refractivity contribution in [3.63, 3.8) is 0 Å². The maximum atomic E-state index is 12.6. The minimum absolute atomic E-state index is 0.0452. The van der Waals surface area contributed by atoms with Crippen LogP contribution >= 0.6 is 6.72 Å². The Kier molecular flexibility index (Phi) is 8.57. The van der Waals surface area contributed by atoms with E-state index in [1.54, 1.807) is 30.3 Å². The molecule has 2 aromatic heterocycles. The van der Waals surface area contributed by atoms with Crippen molar-refractivity contribution in [1.82, 2.24) is 19.5 Å². The molecule has 1 aromatic carbocycles. The molecule has 1 aliphatic heterocycles. The minimum atomic E-state index is -4.34. The van der Waals surface area contributed by atoms with Gasteiger partial charge in [0.05, 0.1) is 18.9 Å². The van der Waals surface area contributed by atoms with Crippen molar-refractivity contribution in [2.45, 2.75) is 50.9 Å². The largest absolute Gasteiger partial charge is 0.432 e. The second kappa shape index (κ2) is 11.7. The van der Waals surface area contributed by atoms with Gasteiger partial charge in [-0.15, -0.1) is 0 Å². The Morgan fingerprint density at radius 2 is 1.95 bits per heavy atom. The van der Waals surface area contributed by atoms with Crippen LogP contribution in [0.2, 0.25) is 0 Å². The fourth-order valence-electron chi connectivity index (χ4n) is 3.77. The molecule has 4 atom stereocenters. The number of aliphatic hydroxyl groups excluding tert-OH is 1. The number of hydrogen-bond donors (Lipinski definition) is 4. The average Bonchev–Trinajstić information content (AvgIpc) is 3.46. The van der Waals surface area contributed by atoms with E-state index in [0.717, 1.165) is 0 Å². The van der Waals surface area contributed by atoms with Crippen molar-refractivity contribution >= 4 is 53.2 Å². The molecule has 0 bridgehead atoms. The van der Waals surface area contributed by atoms with Gasteiger partial charge in [0.15, 0.2) is 17.0 Å². The third kappa shape index (κ3) is 6.82. The number of carbonyl (C=O) groups is 3. The first-order valence-corrected chi connectivity index (χ1v) is 13.9. The number of hydrogen-bond acceptors (Lipinski definition) is 11. The molecule has 0 aliphatic carbocycles. The molecule has 1 unspecified atom stereocenters. The first-order chi connectivity index (χ1) is 18.0. The van der Waals surface area contributed by atoms with Gasteiger partial charge in [-0.05, 0) is 30.9 Å². The van der Waals surface area contributed by atoms with Crippen LogP contribution in [0.4, 0.5) is 5.82 Å². The molecule has 4 N–H and O–H groups in total. The van der Waals surface area contributed by atoms with Crippen LogP contribution in [0.5, 0.6) is 0 Å². The fraction of sp³-hybridized carbons (Fsp3) is 0.364. The summed E-state index contributed by atoms with van der Waals surface area (Å²) in [5.74, 6) is -1.38. The van der Waals surface area contributed by atoms with Crippen molar-refractivity contribution in [2.24, 2.45) is 0 Å². The highest BCUT2D eigenvalue weighted by Crippen LogP contribution is 2.42. The maximum Gasteiger partial charge on any atom is 0.325 e. The molecule has 202 valence electrons. The molecule has 0 radical (unpaired) electrons. The third-order valence-electron chi connectivity index (χ3n) is 5.51. The van der Waals surface area contributed by atoms with E-state index in [1.807, 2.05) is 0 Å². The minimum Gasteiger partial charge on any atom is -0.432 e. The van der Waals surface area contributed by atoms with Crippen LogP contribution < -0.4 is 5.32 Å². The molecule has 3 aromatic rings. The topological polar surface area (TPSA) is 195 Å². The summed E-state index contributed by atoms with van der Waals surface area (Å²) in [6, 6.07) is 8.52. The van der Waals surface area contributed by atoms with E-state index in [9.17, 15) is 29.3 Å². The highest BCUT2D eigenvalue weighted by Gasteiger charge is 2.44. The summed E-state index contributed by atoms with van der Waals surface area (Å²) in [6.07, 6.45) is -3.15. The second-order valence-electron chi connectivity index (χ2n) is 8.38. The maximum absolute atomic E-state index is 12.6. The Bertz CT molecular complexity index is 1380. The number of ether oxygens (including phenoxy) is 2. The summed E-state index contributed by atoms with van der Waals surface area (Å²) in [7, 11) is 0. The molecule has 1 fully saturated rings. The normalized spacial score (nSPS) is 20.3. The van der Waals surface area contributed by atoms with Crippen LogP contribution in [0.25, 0.3) is 11.2 Å². The van der Waals surface area contributed by atoms with Crippen molar-refractivity contribution in [3.05, 3.63) is 48.5 Å². The molecule has 1 saturated heterocycles. The van der Waals surface area contributed by atoms with E-state index in [-0.39, 0.29) is 42.0 Å². The highest BCUT2D eigenvalue weighted by molar-refractivity contribution is 8.06. The zero-order valence-corrected chi connectivity index (χ0v) is 21.6.